The first kappa shape index (κ1) is 20.1. The lowest BCUT2D eigenvalue weighted by Gasteiger charge is -2.40. The van der Waals surface area contributed by atoms with Crippen LogP contribution in [0.5, 0.6) is 0 Å². The highest BCUT2D eigenvalue weighted by Gasteiger charge is 2.53. The number of benzene rings is 1. The van der Waals surface area contributed by atoms with E-state index in [2.05, 4.69) is 0 Å². The van der Waals surface area contributed by atoms with Gasteiger partial charge in [-0.2, -0.15) is 0 Å². The van der Waals surface area contributed by atoms with Crippen molar-refractivity contribution in [2.45, 2.75) is 38.3 Å². The second-order valence-corrected chi connectivity index (χ2v) is 6.12. The van der Waals surface area contributed by atoms with Gasteiger partial charge in [-0.3, -0.25) is 9.59 Å². The van der Waals surface area contributed by atoms with E-state index in [0.29, 0.717) is 5.02 Å². The normalized spacial score (nSPS) is 25.2. The number of esters is 3. The van der Waals surface area contributed by atoms with Crippen LogP contribution in [0.25, 0.3) is 0 Å². The summed E-state index contributed by atoms with van der Waals surface area (Å²) in [6.45, 7) is 1.27. The van der Waals surface area contributed by atoms with E-state index in [-0.39, 0.29) is 18.6 Å². The van der Waals surface area contributed by atoms with Gasteiger partial charge in [-0.1, -0.05) is 17.7 Å². The fraction of sp³-hybridized carbons (Fsp3) is 0.471. The molecule has 0 spiro atoms. The van der Waals surface area contributed by atoms with Crippen LogP contribution in [0.4, 0.5) is 4.39 Å². The van der Waals surface area contributed by atoms with Crippen molar-refractivity contribution in [3.8, 4) is 0 Å². The molecule has 1 unspecified atom stereocenters. The highest BCUT2D eigenvalue weighted by Crippen LogP contribution is 2.32. The summed E-state index contributed by atoms with van der Waals surface area (Å²) in [6.07, 6.45) is -2.49. The maximum absolute atomic E-state index is 15.3. The van der Waals surface area contributed by atoms with E-state index in [1.54, 1.807) is 12.1 Å². The second-order valence-electron chi connectivity index (χ2n) is 5.69. The molecule has 0 bridgehead atoms. The second kappa shape index (κ2) is 8.46. The number of halogens is 2. The Hall–Kier alpha value is -2.19. The number of hydrogen-bond acceptors (Lipinski definition) is 7. The average Bonchev–Trinajstić information content (AvgIpc) is 2.55. The third kappa shape index (κ3) is 5.15. The first-order chi connectivity index (χ1) is 12.2. The van der Waals surface area contributed by atoms with Crippen molar-refractivity contribution in [2.75, 3.05) is 13.2 Å². The van der Waals surface area contributed by atoms with Crippen LogP contribution in [-0.2, 0) is 28.5 Å². The molecule has 3 atom stereocenters. The third-order valence-electron chi connectivity index (χ3n) is 3.58. The Balaban J connectivity index is 2.13. The Bertz CT molecular complexity index is 695. The van der Waals surface area contributed by atoms with E-state index < -0.39 is 42.6 Å². The summed E-state index contributed by atoms with van der Waals surface area (Å²) < 4.78 is 35.2. The molecule has 1 saturated heterocycles. The number of rotatable bonds is 5. The van der Waals surface area contributed by atoms with E-state index in [9.17, 15) is 14.4 Å². The molecule has 1 heterocycles. The average molecular weight is 389 g/mol. The lowest BCUT2D eigenvalue weighted by Crippen LogP contribution is -2.58. The molecule has 9 heteroatoms. The van der Waals surface area contributed by atoms with Crippen molar-refractivity contribution < 1.29 is 37.7 Å². The lowest BCUT2D eigenvalue weighted by molar-refractivity contribution is -0.281. The lowest BCUT2D eigenvalue weighted by atomic mass is 10.00. The topological polar surface area (TPSA) is 88.1 Å². The molecule has 0 N–H and O–H groups in total. The number of hydrogen-bond donors (Lipinski definition) is 0. The van der Waals surface area contributed by atoms with Gasteiger partial charge in [0.15, 0.2) is 6.61 Å². The zero-order valence-electron chi connectivity index (χ0n) is 14.2. The van der Waals surface area contributed by atoms with E-state index in [0.717, 1.165) is 13.8 Å². The van der Waals surface area contributed by atoms with Gasteiger partial charge in [0.2, 0.25) is 6.10 Å². The summed E-state index contributed by atoms with van der Waals surface area (Å²) in [5.74, 6) is -4.93. The van der Waals surface area contributed by atoms with E-state index >= 15 is 4.39 Å². The number of carbonyl (C=O) groups is 3. The predicted octanol–water partition coefficient (Wildman–Crippen LogP) is 2.45. The summed E-state index contributed by atoms with van der Waals surface area (Å²) >= 11 is 5.80. The maximum Gasteiger partial charge on any atom is 0.338 e. The fourth-order valence-electron chi connectivity index (χ4n) is 2.52. The Morgan fingerprint density at radius 3 is 2.58 bits per heavy atom. The summed E-state index contributed by atoms with van der Waals surface area (Å²) in [4.78, 5) is 34.6. The summed E-state index contributed by atoms with van der Waals surface area (Å²) in [5, 5.41) is 0.316. The molecule has 0 amide bonds. The van der Waals surface area contributed by atoms with Crippen LogP contribution < -0.4 is 0 Å². The molecule has 0 saturated carbocycles. The standard InChI is InChI=1S/C17H18ClFO7/c1-10(20)25-14-6-7-24-17(19,15(14)26-11(2)21)9-23-16(22)12-4-3-5-13(18)8-12/h3-5,8,14-15H,6-7,9H2,1-2H3/t14?,15-,17+/m0/s1. The number of alkyl halides is 1. The van der Waals surface area contributed by atoms with Crippen LogP contribution in [0.15, 0.2) is 24.3 Å². The predicted molar refractivity (Wildman–Crippen MR) is 87.3 cm³/mol. The molecule has 142 valence electrons. The van der Waals surface area contributed by atoms with Crippen molar-refractivity contribution in [1.82, 2.24) is 0 Å². The van der Waals surface area contributed by atoms with Crippen LogP contribution in [0.3, 0.4) is 0 Å². The van der Waals surface area contributed by atoms with Gasteiger partial charge < -0.3 is 18.9 Å². The molecule has 0 radical (unpaired) electrons. The van der Waals surface area contributed by atoms with Crippen LogP contribution in [0.2, 0.25) is 5.02 Å². The van der Waals surface area contributed by atoms with Gasteiger partial charge in [-0.25, -0.2) is 9.18 Å². The molecule has 0 aromatic heterocycles. The van der Waals surface area contributed by atoms with Crippen LogP contribution in [0.1, 0.15) is 30.6 Å². The van der Waals surface area contributed by atoms with Crippen LogP contribution in [-0.4, -0.2) is 49.2 Å². The summed E-state index contributed by atoms with van der Waals surface area (Å²) in [5.41, 5.74) is 0.123. The van der Waals surface area contributed by atoms with Gasteiger partial charge in [-0.05, 0) is 18.2 Å². The van der Waals surface area contributed by atoms with Gasteiger partial charge in [-0.15, -0.1) is 0 Å². The Morgan fingerprint density at radius 2 is 1.96 bits per heavy atom. The fourth-order valence-corrected chi connectivity index (χ4v) is 2.71. The van der Waals surface area contributed by atoms with Crippen LogP contribution in [0, 0.1) is 0 Å². The third-order valence-corrected chi connectivity index (χ3v) is 3.81. The van der Waals surface area contributed by atoms with Crippen molar-refractivity contribution >= 4 is 29.5 Å². The van der Waals surface area contributed by atoms with E-state index in [1.807, 2.05) is 0 Å². The van der Waals surface area contributed by atoms with Crippen molar-refractivity contribution in [3.05, 3.63) is 34.9 Å². The van der Waals surface area contributed by atoms with Gasteiger partial charge in [0, 0.05) is 25.3 Å². The quantitative estimate of drug-likeness (QED) is 0.565. The van der Waals surface area contributed by atoms with Crippen molar-refractivity contribution in [3.63, 3.8) is 0 Å². The monoisotopic (exact) mass is 388 g/mol. The summed E-state index contributed by atoms with van der Waals surface area (Å²) in [6, 6.07) is 5.92. The molecule has 2 rings (SSSR count). The number of ether oxygens (including phenoxy) is 4. The Morgan fingerprint density at radius 1 is 1.27 bits per heavy atom. The molecule has 1 aromatic rings. The van der Waals surface area contributed by atoms with Crippen molar-refractivity contribution in [2.24, 2.45) is 0 Å². The van der Waals surface area contributed by atoms with Crippen molar-refractivity contribution in [1.29, 1.82) is 0 Å². The zero-order chi connectivity index (χ0) is 19.3. The minimum absolute atomic E-state index is 0.110. The minimum Gasteiger partial charge on any atom is -0.458 e. The SMILES string of the molecule is CC(=O)OC1CCO[C@](F)(COC(=O)c2cccc(Cl)c2)[C@H]1OC(C)=O. The Kier molecular flexibility index (Phi) is 6.55. The van der Waals surface area contributed by atoms with E-state index in [4.69, 9.17) is 30.5 Å². The molecule has 0 aliphatic carbocycles. The van der Waals surface area contributed by atoms with E-state index in [1.165, 1.54) is 12.1 Å². The smallest absolute Gasteiger partial charge is 0.338 e. The Labute approximate surface area is 154 Å². The van der Waals surface area contributed by atoms with Gasteiger partial charge in [0.05, 0.1) is 12.2 Å². The molecular formula is C17H18ClFO7. The van der Waals surface area contributed by atoms with Gasteiger partial charge in [0.1, 0.15) is 6.10 Å². The highest BCUT2D eigenvalue weighted by molar-refractivity contribution is 6.30. The maximum atomic E-state index is 15.3. The zero-order valence-corrected chi connectivity index (χ0v) is 15.0. The highest BCUT2D eigenvalue weighted by atomic mass is 35.5. The first-order valence-corrected chi connectivity index (χ1v) is 8.19. The summed E-state index contributed by atoms with van der Waals surface area (Å²) in [7, 11) is 0. The minimum atomic E-state index is -2.65. The molecule has 1 aromatic carbocycles. The van der Waals surface area contributed by atoms with Gasteiger partial charge >= 0.3 is 17.9 Å². The van der Waals surface area contributed by atoms with Crippen LogP contribution >= 0.6 is 11.6 Å². The molecule has 26 heavy (non-hydrogen) atoms. The largest absolute Gasteiger partial charge is 0.458 e. The molecular weight excluding hydrogens is 371 g/mol. The molecule has 1 aliphatic rings. The van der Waals surface area contributed by atoms with Gasteiger partial charge in [0.25, 0.3) is 5.85 Å². The molecule has 7 nitrogen and oxygen atoms in total. The first-order valence-electron chi connectivity index (χ1n) is 7.81. The molecule has 1 fully saturated rings. The number of carbonyl (C=O) groups excluding carboxylic acids is 3. The molecule has 1 aliphatic heterocycles.